The van der Waals surface area contributed by atoms with E-state index in [0.29, 0.717) is 25.5 Å². The molecule has 0 bridgehead atoms. The molecule has 1 saturated heterocycles. The fourth-order valence-corrected chi connectivity index (χ4v) is 2.56. The lowest BCUT2D eigenvalue weighted by Gasteiger charge is -2.26. The van der Waals surface area contributed by atoms with Gasteiger partial charge in [-0.3, -0.25) is 0 Å². The summed E-state index contributed by atoms with van der Waals surface area (Å²) >= 11 is 0. The number of fused-ring (bicyclic) bond motifs is 1. The second-order valence-corrected chi connectivity index (χ2v) is 5.38. The van der Waals surface area contributed by atoms with Crippen LogP contribution in [-0.2, 0) is 4.74 Å². The number of aromatic nitrogens is 2. The normalized spacial score (nSPS) is 25.2. The van der Waals surface area contributed by atoms with Crippen LogP contribution in [0.1, 0.15) is 13.3 Å². The van der Waals surface area contributed by atoms with Crippen LogP contribution in [0.25, 0.3) is 10.9 Å². The molecule has 1 aliphatic heterocycles. The third kappa shape index (κ3) is 2.64. The van der Waals surface area contributed by atoms with E-state index in [0.717, 1.165) is 16.7 Å². The Morgan fingerprint density at radius 3 is 2.90 bits per heavy atom. The Hall–Kier alpha value is -1.92. The molecule has 0 saturated carbocycles. The van der Waals surface area contributed by atoms with Crippen molar-refractivity contribution < 1.29 is 9.84 Å². The van der Waals surface area contributed by atoms with E-state index >= 15 is 0 Å². The Balaban J connectivity index is 1.89. The number of hydrogen-bond donors (Lipinski definition) is 3. The predicted molar refractivity (Wildman–Crippen MR) is 82.6 cm³/mol. The first kappa shape index (κ1) is 14.0. The Labute approximate surface area is 123 Å². The van der Waals surface area contributed by atoms with Crippen LogP contribution in [0.2, 0.25) is 0 Å². The summed E-state index contributed by atoms with van der Waals surface area (Å²) in [6.07, 6.45) is 0.449. The first-order valence-corrected chi connectivity index (χ1v) is 7.15. The van der Waals surface area contributed by atoms with Crippen molar-refractivity contribution >= 4 is 22.7 Å². The fourth-order valence-electron chi connectivity index (χ4n) is 2.56. The molecule has 1 fully saturated rings. The van der Waals surface area contributed by atoms with Crippen LogP contribution < -0.4 is 10.6 Å². The Morgan fingerprint density at radius 1 is 1.38 bits per heavy atom. The number of nitrogens with zero attached hydrogens (tertiary/aromatic N) is 2. The van der Waals surface area contributed by atoms with Crippen LogP contribution in [-0.4, -0.2) is 47.0 Å². The van der Waals surface area contributed by atoms with Crippen molar-refractivity contribution in [3.63, 3.8) is 0 Å². The summed E-state index contributed by atoms with van der Waals surface area (Å²) in [6, 6.07) is 7.81. The zero-order valence-corrected chi connectivity index (χ0v) is 12.3. The smallest absolute Gasteiger partial charge is 0.224 e. The molecule has 1 aliphatic rings. The van der Waals surface area contributed by atoms with Gasteiger partial charge in [0.1, 0.15) is 11.4 Å². The Morgan fingerprint density at radius 2 is 2.19 bits per heavy atom. The van der Waals surface area contributed by atoms with Crippen LogP contribution in [0.3, 0.4) is 0 Å². The number of aliphatic hydroxyl groups is 1. The van der Waals surface area contributed by atoms with Gasteiger partial charge in [-0.2, -0.15) is 4.98 Å². The molecule has 112 valence electrons. The van der Waals surface area contributed by atoms with Gasteiger partial charge in [0.25, 0.3) is 0 Å². The summed E-state index contributed by atoms with van der Waals surface area (Å²) < 4.78 is 5.45. The molecule has 3 N–H and O–H groups in total. The van der Waals surface area contributed by atoms with Crippen LogP contribution in [0.5, 0.6) is 0 Å². The van der Waals surface area contributed by atoms with Gasteiger partial charge in [-0.25, -0.2) is 4.98 Å². The molecule has 0 radical (unpaired) electrons. The van der Waals surface area contributed by atoms with Crippen LogP contribution >= 0.6 is 0 Å². The van der Waals surface area contributed by atoms with Crippen molar-refractivity contribution in [1.82, 2.24) is 9.97 Å². The van der Waals surface area contributed by atoms with Crippen molar-refractivity contribution in [2.75, 3.05) is 30.8 Å². The van der Waals surface area contributed by atoms with Crippen LogP contribution in [0, 0.1) is 0 Å². The van der Waals surface area contributed by atoms with Crippen molar-refractivity contribution in [2.24, 2.45) is 0 Å². The largest absolute Gasteiger partial charge is 0.385 e. The number of benzene rings is 1. The lowest BCUT2D eigenvalue weighted by atomic mass is 9.97. The average molecular weight is 288 g/mol. The van der Waals surface area contributed by atoms with E-state index in [4.69, 9.17) is 4.74 Å². The Kier molecular flexibility index (Phi) is 3.65. The molecule has 21 heavy (non-hydrogen) atoms. The minimum Gasteiger partial charge on any atom is -0.385 e. The van der Waals surface area contributed by atoms with E-state index in [1.54, 1.807) is 7.05 Å². The average Bonchev–Trinajstić information content (AvgIpc) is 2.84. The predicted octanol–water partition coefficient (Wildman–Crippen LogP) is 1.62. The van der Waals surface area contributed by atoms with Gasteiger partial charge in [0.2, 0.25) is 5.95 Å². The van der Waals surface area contributed by atoms with Crippen molar-refractivity contribution in [3.8, 4) is 0 Å². The van der Waals surface area contributed by atoms with Crippen molar-refractivity contribution in [2.45, 2.75) is 25.0 Å². The SMILES string of the molecule is CNc1nc(NCC2(O)CCOC2C)c2ccccc2n1. The minimum atomic E-state index is -0.855. The van der Waals surface area contributed by atoms with Crippen molar-refractivity contribution in [1.29, 1.82) is 0 Å². The lowest BCUT2D eigenvalue weighted by Crippen LogP contribution is -2.43. The summed E-state index contributed by atoms with van der Waals surface area (Å²) in [7, 11) is 1.79. The maximum absolute atomic E-state index is 10.6. The van der Waals surface area contributed by atoms with Gasteiger partial charge in [-0.1, -0.05) is 12.1 Å². The number of hydrogen-bond acceptors (Lipinski definition) is 6. The molecule has 2 atom stereocenters. The van der Waals surface area contributed by atoms with Gasteiger partial charge < -0.3 is 20.5 Å². The van der Waals surface area contributed by atoms with Gasteiger partial charge in [0.15, 0.2) is 0 Å². The van der Waals surface area contributed by atoms with Crippen molar-refractivity contribution in [3.05, 3.63) is 24.3 Å². The molecule has 0 spiro atoms. The highest BCUT2D eigenvalue weighted by Gasteiger charge is 2.39. The van der Waals surface area contributed by atoms with Gasteiger partial charge >= 0.3 is 0 Å². The number of anilines is 2. The number of ether oxygens (including phenoxy) is 1. The summed E-state index contributed by atoms with van der Waals surface area (Å²) in [5.41, 5.74) is 0.00772. The molecule has 2 unspecified atom stereocenters. The molecule has 1 aromatic heterocycles. The topological polar surface area (TPSA) is 79.3 Å². The molecule has 6 heteroatoms. The quantitative estimate of drug-likeness (QED) is 0.793. The summed E-state index contributed by atoms with van der Waals surface area (Å²) in [5, 5.41) is 17.7. The highest BCUT2D eigenvalue weighted by Crippen LogP contribution is 2.27. The molecule has 2 heterocycles. The van der Waals surface area contributed by atoms with E-state index in [1.807, 2.05) is 31.2 Å². The standard InChI is InChI=1S/C15H20N4O2/c1-10-15(20,7-8-21-10)9-17-13-11-5-3-4-6-12(11)18-14(16-2)19-13/h3-6,10,20H,7-9H2,1-2H3,(H2,16,17,18,19). The highest BCUT2D eigenvalue weighted by molar-refractivity contribution is 5.90. The third-order valence-electron chi connectivity index (χ3n) is 4.05. The van der Waals surface area contributed by atoms with Gasteiger partial charge in [0, 0.05) is 32.0 Å². The second-order valence-electron chi connectivity index (χ2n) is 5.38. The maximum atomic E-state index is 10.6. The van der Waals surface area contributed by atoms with E-state index in [9.17, 15) is 5.11 Å². The van der Waals surface area contributed by atoms with E-state index < -0.39 is 5.60 Å². The summed E-state index contributed by atoms with van der Waals surface area (Å²) in [4.78, 5) is 8.87. The monoisotopic (exact) mass is 288 g/mol. The number of rotatable bonds is 4. The Bertz CT molecular complexity index is 649. The molecular formula is C15H20N4O2. The second kappa shape index (κ2) is 5.46. The summed E-state index contributed by atoms with van der Waals surface area (Å²) in [5.74, 6) is 1.27. The third-order valence-corrected chi connectivity index (χ3v) is 4.05. The number of nitrogens with one attached hydrogen (secondary N) is 2. The van der Waals surface area contributed by atoms with Gasteiger partial charge in [-0.05, 0) is 19.1 Å². The molecule has 2 aromatic rings. The highest BCUT2D eigenvalue weighted by atomic mass is 16.5. The zero-order chi connectivity index (χ0) is 14.9. The lowest BCUT2D eigenvalue weighted by molar-refractivity contribution is -0.0176. The molecule has 1 aromatic carbocycles. The zero-order valence-electron chi connectivity index (χ0n) is 12.3. The van der Waals surface area contributed by atoms with E-state index in [2.05, 4.69) is 20.6 Å². The van der Waals surface area contributed by atoms with Gasteiger partial charge in [0.05, 0.1) is 11.6 Å². The maximum Gasteiger partial charge on any atom is 0.224 e. The van der Waals surface area contributed by atoms with Crippen LogP contribution in [0.15, 0.2) is 24.3 Å². The number of para-hydroxylation sites is 1. The molecule has 0 aliphatic carbocycles. The first-order chi connectivity index (χ1) is 10.1. The van der Waals surface area contributed by atoms with Gasteiger partial charge in [-0.15, -0.1) is 0 Å². The molecule has 3 rings (SSSR count). The molecular weight excluding hydrogens is 268 g/mol. The molecule has 0 amide bonds. The van der Waals surface area contributed by atoms with Crippen LogP contribution in [0.4, 0.5) is 11.8 Å². The minimum absolute atomic E-state index is 0.179. The first-order valence-electron chi connectivity index (χ1n) is 7.15. The summed E-state index contributed by atoms with van der Waals surface area (Å²) in [6.45, 7) is 2.88. The molecule has 6 nitrogen and oxygen atoms in total. The van der Waals surface area contributed by atoms with E-state index in [1.165, 1.54) is 0 Å². The fraction of sp³-hybridized carbons (Fsp3) is 0.467. The van der Waals surface area contributed by atoms with E-state index in [-0.39, 0.29) is 6.10 Å².